The van der Waals surface area contributed by atoms with Crippen LogP contribution in [0.4, 0.5) is 0 Å². The van der Waals surface area contributed by atoms with E-state index >= 15 is 0 Å². The first kappa shape index (κ1) is 10.5. The third kappa shape index (κ3) is 2.34. The molecule has 3 atom stereocenters. The smallest absolute Gasteiger partial charge is 0.0831 e. The molecule has 5 heteroatoms. The van der Waals surface area contributed by atoms with Crippen LogP contribution in [0.15, 0.2) is 0 Å². The van der Waals surface area contributed by atoms with Crippen LogP contribution in [0.3, 0.4) is 0 Å². The van der Waals surface area contributed by atoms with E-state index in [-0.39, 0.29) is 12.1 Å². The Balaban J connectivity index is 1.93. The van der Waals surface area contributed by atoms with E-state index in [1.807, 2.05) is 0 Å². The van der Waals surface area contributed by atoms with E-state index in [4.69, 9.17) is 0 Å². The standard InChI is InChI=1S/C9H18N2O2S/c12-9-7-10-6-8(9)11-2-1-4-14(13)5-3-11/h8-10,12H,1-7H2/t8-,9-,14?/m1/s1. The molecule has 4 nitrogen and oxygen atoms in total. The van der Waals surface area contributed by atoms with Crippen LogP contribution in [-0.4, -0.2) is 64.0 Å². The summed E-state index contributed by atoms with van der Waals surface area (Å²) in [6.45, 7) is 3.42. The van der Waals surface area contributed by atoms with E-state index in [9.17, 15) is 9.32 Å². The molecular formula is C9H18N2O2S. The molecule has 2 rings (SSSR count). The van der Waals surface area contributed by atoms with E-state index in [0.717, 1.165) is 37.6 Å². The van der Waals surface area contributed by atoms with Crippen molar-refractivity contribution >= 4 is 10.8 Å². The van der Waals surface area contributed by atoms with E-state index in [1.165, 1.54) is 0 Å². The third-order valence-corrected chi connectivity index (χ3v) is 4.43. The Morgan fingerprint density at radius 1 is 1.29 bits per heavy atom. The fourth-order valence-electron chi connectivity index (χ4n) is 2.22. The largest absolute Gasteiger partial charge is 0.390 e. The van der Waals surface area contributed by atoms with Crippen LogP contribution < -0.4 is 5.32 Å². The van der Waals surface area contributed by atoms with E-state index in [2.05, 4.69) is 10.2 Å². The third-order valence-electron chi connectivity index (χ3n) is 3.04. The van der Waals surface area contributed by atoms with Crippen LogP contribution in [0.5, 0.6) is 0 Å². The average Bonchev–Trinajstić information content (AvgIpc) is 2.46. The van der Waals surface area contributed by atoms with Gasteiger partial charge in [0.1, 0.15) is 0 Å². The monoisotopic (exact) mass is 218 g/mol. The second kappa shape index (κ2) is 4.70. The number of β-amino-alcohol motifs (C(OH)–C–C–N with tert-alkyl or cyclic N) is 1. The van der Waals surface area contributed by atoms with Gasteiger partial charge in [0.2, 0.25) is 0 Å². The minimum Gasteiger partial charge on any atom is -0.390 e. The van der Waals surface area contributed by atoms with Crippen molar-refractivity contribution in [3.8, 4) is 0 Å². The molecule has 0 spiro atoms. The predicted molar refractivity (Wildman–Crippen MR) is 56.7 cm³/mol. The van der Waals surface area contributed by atoms with E-state index in [1.54, 1.807) is 0 Å². The summed E-state index contributed by atoms with van der Waals surface area (Å²) in [7, 11) is -0.633. The molecule has 2 aliphatic rings. The number of hydrogen-bond acceptors (Lipinski definition) is 4. The zero-order valence-corrected chi connectivity index (χ0v) is 9.13. The van der Waals surface area contributed by atoms with Gasteiger partial charge in [-0.05, 0) is 13.0 Å². The second-order valence-corrected chi connectivity index (χ2v) is 5.73. The predicted octanol–water partition coefficient (Wildman–Crippen LogP) is -1.23. The Bertz CT molecular complexity index is 225. The number of aliphatic hydroxyl groups excluding tert-OH is 1. The number of nitrogens with one attached hydrogen (secondary N) is 1. The molecule has 82 valence electrons. The lowest BCUT2D eigenvalue weighted by Crippen LogP contribution is -2.44. The zero-order valence-electron chi connectivity index (χ0n) is 8.32. The van der Waals surface area contributed by atoms with Gasteiger partial charge in [-0.2, -0.15) is 0 Å². The fourth-order valence-corrected chi connectivity index (χ4v) is 3.31. The first-order valence-electron chi connectivity index (χ1n) is 5.25. The molecule has 0 bridgehead atoms. The normalized spacial score (nSPS) is 41.1. The minimum atomic E-state index is -0.633. The molecule has 0 aromatic heterocycles. The summed E-state index contributed by atoms with van der Waals surface area (Å²) >= 11 is 0. The van der Waals surface area contributed by atoms with Crippen LogP contribution in [0.2, 0.25) is 0 Å². The molecule has 2 saturated heterocycles. The molecule has 0 aliphatic carbocycles. The molecule has 0 aromatic rings. The number of rotatable bonds is 1. The highest BCUT2D eigenvalue weighted by Crippen LogP contribution is 2.12. The first-order valence-corrected chi connectivity index (χ1v) is 6.74. The van der Waals surface area contributed by atoms with Gasteiger partial charge in [-0.1, -0.05) is 0 Å². The summed E-state index contributed by atoms with van der Waals surface area (Å²) in [6, 6.07) is 0.241. The fraction of sp³-hybridized carbons (Fsp3) is 1.00. The highest BCUT2D eigenvalue weighted by molar-refractivity contribution is 7.85. The average molecular weight is 218 g/mol. The summed E-state index contributed by atoms with van der Waals surface area (Å²) < 4.78 is 11.3. The summed E-state index contributed by atoms with van der Waals surface area (Å²) in [5.74, 6) is 1.59. The molecule has 0 aromatic carbocycles. The lowest BCUT2D eigenvalue weighted by Gasteiger charge is -2.28. The van der Waals surface area contributed by atoms with Crippen molar-refractivity contribution in [1.29, 1.82) is 0 Å². The SMILES string of the molecule is O=S1CCCN([C@@H]2CNC[C@H]2O)CC1. The molecule has 2 fully saturated rings. The first-order chi connectivity index (χ1) is 6.77. The van der Waals surface area contributed by atoms with Crippen molar-refractivity contribution in [1.82, 2.24) is 10.2 Å². The summed E-state index contributed by atoms with van der Waals surface area (Å²) in [4.78, 5) is 2.29. The second-order valence-electron chi connectivity index (χ2n) is 4.03. The van der Waals surface area contributed by atoms with E-state index < -0.39 is 10.8 Å². The number of aliphatic hydroxyl groups is 1. The lowest BCUT2D eigenvalue weighted by molar-refractivity contribution is 0.0881. The van der Waals surface area contributed by atoms with Crippen LogP contribution in [0.25, 0.3) is 0 Å². The van der Waals surface area contributed by atoms with Crippen molar-refractivity contribution < 1.29 is 9.32 Å². The Labute approximate surface area is 87.1 Å². The van der Waals surface area contributed by atoms with Crippen LogP contribution >= 0.6 is 0 Å². The summed E-state index contributed by atoms with van der Waals surface area (Å²) in [5, 5.41) is 12.9. The highest BCUT2D eigenvalue weighted by Gasteiger charge is 2.31. The zero-order chi connectivity index (χ0) is 9.97. The van der Waals surface area contributed by atoms with Gasteiger partial charge in [0.15, 0.2) is 0 Å². The molecule has 1 unspecified atom stereocenters. The molecule has 0 radical (unpaired) electrons. The van der Waals surface area contributed by atoms with Gasteiger partial charge < -0.3 is 10.4 Å². The maximum absolute atomic E-state index is 11.3. The Morgan fingerprint density at radius 3 is 2.86 bits per heavy atom. The van der Waals surface area contributed by atoms with Crippen molar-refractivity contribution in [2.24, 2.45) is 0 Å². The van der Waals surface area contributed by atoms with Crippen LogP contribution in [-0.2, 0) is 10.8 Å². The quantitative estimate of drug-likeness (QED) is 0.579. The van der Waals surface area contributed by atoms with Gasteiger partial charge in [-0.3, -0.25) is 9.11 Å². The van der Waals surface area contributed by atoms with Crippen molar-refractivity contribution in [3.05, 3.63) is 0 Å². The Morgan fingerprint density at radius 2 is 2.14 bits per heavy atom. The topological polar surface area (TPSA) is 52.6 Å². The van der Waals surface area contributed by atoms with Crippen LogP contribution in [0, 0.1) is 0 Å². The van der Waals surface area contributed by atoms with Gasteiger partial charge >= 0.3 is 0 Å². The highest BCUT2D eigenvalue weighted by atomic mass is 32.2. The van der Waals surface area contributed by atoms with E-state index in [0.29, 0.717) is 6.54 Å². The van der Waals surface area contributed by atoms with Crippen molar-refractivity contribution in [2.75, 3.05) is 37.7 Å². The lowest BCUT2D eigenvalue weighted by atomic mass is 10.2. The molecule has 2 heterocycles. The molecule has 14 heavy (non-hydrogen) atoms. The summed E-state index contributed by atoms with van der Waals surface area (Å²) in [5.41, 5.74) is 0. The van der Waals surface area contributed by atoms with Crippen molar-refractivity contribution in [3.63, 3.8) is 0 Å². The van der Waals surface area contributed by atoms with Gasteiger partial charge in [-0.15, -0.1) is 0 Å². The van der Waals surface area contributed by atoms with Gasteiger partial charge in [-0.25, -0.2) is 0 Å². The Kier molecular flexibility index (Phi) is 3.54. The molecule has 0 saturated carbocycles. The summed E-state index contributed by atoms with van der Waals surface area (Å²) in [6.07, 6.45) is 0.747. The Hall–Kier alpha value is 0.0300. The van der Waals surface area contributed by atoms with Crippen LogP contribution in [0.1, 0.15) is 6.42 Å². The molecular weight excluding hydrogens is 200 g/mol. The maximum atomic E-state index is 11.3. The molecule has 2 N–H and O–H groups in total. The molecule has 2 aliphatic heterocycles. The van der Waals surface area contributed by atoms with Gasteiger partial charge in [0, 0.05) is 48.0 Å². The van der Waals surface area contributed by atoms with Crippen molar-refractivity contribution in [2.45, 2.75) is 18.6 Å². The number of hydrogen-bond donors (Lipinski definition) is 2. The van der Waals surface area contributed by atoms with Gasteiger partial charge in [0.25, 0.3) is 0 Å². The minimum absolute atomic E-state index is 0.241. The number of nitrogens with zero attached hydrogens (tertiary/aromatic N) is 1. The molecule has 0 amide bonds. The maximum Gasteiger partial charge on any atom is 0.0831 e. The van der Waals surface area contributed by atoms with Gasteiger partial charge in [0.05, 0.1) is 6.10 Å².